The lowest BCUT2D eigenvalue weighted by molar-refractivity contribution is -0.118. The fourth-order valence-electron chi connectivity index (χ4n) is 2.46. The van der Waals surface area contributed by atoms with Gasteiger partial charge in [-0.15, -0.1) is 0 Å². The van der Waals surface area contributed by atoms with Crippen molar-refractivity contribution in [3.05, 3.63) is 28.2 Å². The number of carbonyl (C=O) groups excluding carboxylic acids is 1. The fraction of sp³-hybridized carbons (Fsp3) is 0.400. The highest BCUT2D eigenvalue weighted by atomic mass is 79.9. The van der Waals surface area contributed by atoms with E-state index in [1.165, 1.54) is 6.34 Å². The van der Waals surface area contributed by atoms with Crippen LogP contribution in [0.25, 0.3) is 0 Å². The van der Waals surface area contributed by atoms with Crippen molar-refractivity contribution in [1.29, 1.82) is 0 Å². The monoisotopic (exact) mass is 364 g/mol. The van der Waals surface area contributed by atoms with Crippen molar-refractivity contribution in [3.8, 4) is 5.75 Å². The van der Waals surface area contributed by atoms with Gasteiger partial charge >= 0.3 is 0 Å². The van der Waals surface area contributed by atoms with E-state index >= 15 is 0 Å². The molecule has 0 saturated heterocycles. The minimum Gasteiger partial charge on any atom is -0.491 e. The van der Waals surface area contributed by atoms with Crippen LogP contribution in [0, 0.1) is 0 Å². The number of amidine groups is 1. The van der Waals surface area contributed by atoms with Crippen LogP contribution >= 0.6 is 15.9 Å². The Hall–Kier alpha value is -1.89. The molecule has 1 unspecified atom stereocenters. The molecule has 1 aromatic carbocycles. The summed E-state index contributed by atoms with van der Waals surface area (Å²) in [7, 11) is 3.66. The van der Waals surface area contributed by atoms with Crippen molar-refractivity contribution in [3.63, 3.8) is 0 Å². The zero-order valence-electron chi connectivity index (χ0n) is 12.5. The third kappa shape index (κ3) is 2.99. The molecule has 2 heterocycles. The van der Waals surface area contributed by atoms with E-state index in [0.717, 1.165) is 21.6 Å². The number of fused-ring (bicyclic) bond motifs is 3. The quantitative estimate of drug-likeness (QED) is 0.587. The smallest absolute Gasteiger partial charge is 0.273 e. The Balaban J connectivity index is 1.91. The number of rotatable bonds is 2. The van der Waals surface area contributed by atoms with Gasteiger partial charge in [-0.25, -0.2) is 4.99 Å². The Morgan fingerprint density at radius 1 is 1.55 bits per heavy atom. The van der Waals surface area contributed by atoms with Crippen LogP contribution < -0.4 is 4.74 Å². The molecule has 0 spiro atoms. The van der Waals surface area contributed by atoms with E-state index in [1.54, 1.807) is 4.90 Å². The van der Waals surface area contributed by atoms with Crippen LogP contribution in [-0.2, 0) is 4.79 Å². The van der Waals surface area contributed by atoms with Gasteiger partial charge in [0.25, 0.3) is 5.91 Å². The molecule has 6 nitrogen and oxygen atoms in total. The van der Waals surface area contributed by atoms with E-state index in [0.29, 0.717) is 19.7 Å². The van der Waals surface area contributed by atoms with Crippen molar-refractivity contribution in [2.75, 3.05) is 33.8 Å². The number of hydrogen-bond acceptors (Lipinski definition) is 4. The molecule has 1 aromatic rings. The number of ether oxygens (including phenoxy) is 1. The van der Waals surface area contributed by atoms with Gasteiger partial charge in [0.1, 0.15) is 18.2 Å². The lowest BCUT2D eigenvalue weighted by Crippen LogP contribution is -2.33. The van der Waals surface area contributed by atoms with Crippen molar-refractivity contribution in [2.45, 2.75) is 6.04 Å². The largest absolute Gasteiger partial charge is 0.491 e. The van der Waals surface area contributed by atoms with Gasteiger partial charge in [-0.1, -0.05) is 15.9 Å². The highest BCUT2D eigenvalue weighted by molar-refractivity contribution is 9.10. The van der Waals surface area contributed by atoms with Gasteiger partial charge in [0.15, 0.2) is 6.04 Å². The van der Waals surface area contributed by atoms with Crippen LogP contribution in [-0.4, -0.2) is 67.7 Å². The summed E-state index contributed by atoms with van der Waals surface area (Å²) in [6.07, 6.45) is 1.51. The van der Waals surface area contributed by atoms with Crippen molar-refractivity contribution in [2.24, 2.45) is 9.98 Å². The van der Waals surface area contributed by atoms with Crippen molar-refractivity contribution in [1.82, 2.24) is 9.80 Å². The van der Waals surface area contributed by atoms with Gasteiger partial charge in [0.2, 0.25) is 0 Å². The number of benzene rings is 1. The molecule has 2 aliphatic heterocycles. The SMILES string of the molecule is CN(C)C=NC(=O)C1CN2CCOc3ccc(Br)cc3C2=N1. The van der Waals surface area contributed by atoms with Crippen LogP contribution in [0.15, 0.2) is 32.7 Å². The number of nitrogens with zero attached hydrogens (tertiary/aromatic N) is 4. The second-order valence-corrected chi connectivity index (χ2v) is 6.37. The molecule has 2 aliphatic rings. The second-order valence-electron chi connectivity index (χ2n) is 5.45. The average molecular weight is 365 g/mol. The number of halogens is 1. The third-order valence-electron chi connectivity index (χ3n) is 3.47. The van der Waals surface area contributed by atoms with Crippen LogP contribution in [0.1, 0.15) is 5.56 Å². The van der Waals surface area contributed by atoms with Gasteiger partial charge in [-0.05, 0) is 18.2 Å². The summed E-state index contributed by atoms with van der Waals surface area (Å²) >= 11 is 3.47. The van der Waals surface area contributed by atoms with Gasteiger partial charge in [-0.2, -0.15) is 0 Å². The minimum atomic E-state index is -0.448. The summed E-state index contributed by atoms with van der Waals surface area (Å²) in [5, 5.41) is 0. The lowest BCUT2D eigenvalue weighted by Gasteiger charge is -2.16. The molecular weight excluding hydrogens is 348 g/mol. The van der Waals surface area contributed by atoms with Gasteiger partial charge < -0.3 is 14.5 Å². The maximum absolute atomic E-state index is 12.2. The van der Waals surface area contributed by atoms with E-state index < -0.39 is 6.04 Å². The summed E-state index contributed by atoms with van der Waals surface area (Å²) in [4.78, 5) is 24.5. The summed E-state index contributed by atoms with van der Waals surface area (Å²) in [5.74, 6) is 1.40. The fourth-order valence-corrected chi connectivity index (χ4v) is 2.82. The third-order valence-corrected chi connectivity index (χ3v) is 3.97. The highest BCUT2D eigenvalue weighted by Gasteiger charge is 2.33. The molecule has 22 heavy (non-hydrogen) atoms. The molecule has 0 aromatic heterocycles. The molecule has 116 valence electrons. The summed E-state index contributed by atoms with van der Waals surface area (Å²) in [5.41, 5.74) is 0.916. The zero-order valence-corrected chi connectivity index (χ0v) is 14.1. The average Bonchev–Trinajstić information content (AvgIpc) is 2.83. The number of carbonyl (C=O) groups is 1. The Bertz CT molecular complexity index is 657. The van der Waals surface area contributed by atoms with Gasteiger partial charge in [0, 0.05) is 18.6 Å². The molecule has 3 rings (SSSR count). The van der Waals surface area contributed by atoms with E-state index in [2.05, 4.69) is 30.8 Å². The molecule has 0 bridgehead atoms. The zero-order chi connectivity index (χ0) is 15.7. The molecule has 0 aliphatic carbocycles. The van der Waals surface area contributed by atoms with Crippen molar-refractivity contribution >= 4 is 34.0 Å². The predicted molar refractivity (Wildman–Crippen MR) is 88.7 cm³/mol. The standard InChI is InChI=1S/C15H17BrN4O2/c1-19(2)9-17-15(21)12-8-20-5-6-22-13-4-3-10(16)7-11(13)14(20)18-12/h3-4,7,9,12H,5-6,8H2,1-2H3. The van der Waals surface area contributed by atoms with Crippen molar-refractivity contribution < 1.29 is 9.53 Å². The van der Waals surface area contributed by atoms with Crippen LogP contribution in [0.5, 0.6) is 5.75 Å². The van der Waals surface area contributed by atoms with E-state index in [1.807, 2.05) is 32.3 Å². The predicted octanol–water partition coefficient (Wildman–Crippen LogP) is 1.39. The first-order chi connectivity index (χ1) is 10.5. The van der Waals surface area contributed by atoms with Gasteiger partial charge in [0.05, 0.1) is 25.0 Å². The Morgan fingerprint density at radius 2 is 2.36 bits per heavy atom. The summed E-state index contributed by atoms with van der Waals surface area (Å²) in [6, 6.07) is 5.39. The molecule has 7 heteroatoms. The molecule has 0 N–H and O–H groups in total. The number of aliphatic imine (C=N–C) groups is 2. The van der Waals surface area contributed by atoms with E-state index in [9.17, 15) is 4.79 Å². The number of hydrogen-bond donors (Lipinski definition) is 0. The topological polar surface area (TPSA) is 57.5 Å². The normalized spacial score (nSPS) is 20.0. The molecular formula is C15H17BrN4O2. The first kappa shape index (κ1) is 15.0. The summed E-state index contributed by atoms with van der Waals surface area (Å²) in [6.45, 7) is 1.84. The highest BCUT2D eigenvalue weighted by Crippen LogP contribution is 2.29. The maximum Gasteiger partial charge on any atom is 0.273 e. The Morgan fingerprint density at radius 3 is 3.14 bits per heavy atom. The van der Waals surface area contributed by atoms with Crippen LogP contribution in [0.2, 0.25) is 0 Å². The first-order valence-electron chi connectivity index (χ1n) is 7.04. The maximum atomic E-state index is 12.2. The van der Waals surface area contributed by atoms with Crippen LogP contribution in [0.3, 0.4) is 0 Å². The molecule has 1 atom stereocenters. The minimum absolute atomic E-state index is 0.216. The first-order valence-corrected chi connectivity index (χ1v) is 7.84. The van der Waals surface area contributed by atoms with E-state index in [-0.39, 0.29) is 5.91 Å². The lowest BCUT2D eigenvalue weighted by atomic mass is 10.2. The number of amides is 1. The van der Waals surface area contributed by atoms with E-state index in [4.69, 9.17) is 4.74 Å². The Kier molecular flexibility index (Phi) is 4.15. The van der Waals surface area contributed by atoms with Gasteiger partial charge in [-0.3, -0.25) is 9.79 Å². The Labute approximate surface area is 137 Å². The molecule has 0 radical (unpaired) electrons. The second kappa shape index (κ2) is 6.08. The summed E-state index contributed by atoms with van der Waals surface area (Å²) < 4.78 is 6.71. The van der Waals surface area contributed by atoms with Crippen LogP contribution in [0.4, 0.5) is 0 Å². The molecule has 0 fully saturated rings. The molecule has 1 amide bonds. The molecule has 0 saturated carbocycles.